The molecule has 0 bridgehead atoms. The van der Waals surface area contributed by atoms with Gasteiger partial charge in [0, 0.05) is 48.9 Å². The first-order valence-electron chi connectivity index (χ1n) is 7.42. The van der Waals surface area contributed by atoms with Gasteiger partial charge in [0.05, 0.1) is 0 Å². The molecule has 1 aliphatic rings. The van der Waals surface area contributed by atoms with Crippen molar-refractivity contribution in [1.82, 2.24) is 15.2 Å². The fourth-order valence-corrected chi connectivity index (χ4v) is 3.23. The number of nitrogens with two attached hydrogens (primary N) is 1. The first-order chi connectivity index (χ1) is 10.1. The van der Waals surface area contributed by atoms with Gasteiger partial charge in [-0.15, -0.1) is 0 Å². The van der Waals surface area contributed by atoms with Crippen molar-refractivity contribution in [3.05, 3.63) is 23.4 Å². The zero-order valence-electron chi connectivity index (χ0n) is 12.8. The number of aromatic nitrogens is 1. The van der Waals surface area contributed by atoms with Crippen LogP contribution >= 0.6 is 11.8 Å². The quantitative estimate of drug-likeness (QED) is 0.864. The monoisotopic (exact) mass is 308 g/mol. The number of carbonyl (C=O) groups excluding carboxylic acids is 1. The van der Waals surface area contributed by atoms with Gasteiger partial charge >= 0.3 is 0 Å². The van der Waals surface area contributed by atoms with Crippen molar-refractivity contribution in [3.8, 4) is 0 Å². The number of thioether (sulfide) groups is 1. The second kappa shape index (κ2) is 7.66. The molecule has 1 fully saturated rings. The van der Waals surface area contributed by atoms with E-state index in [9.17, 15) is 4.79 Å². The lowest BCUT2D eigenvalue weighted by atomic mass is 10.1. The van der Waals surface area contributed by atoms with Crippen LogP contribution in [0.3, 0.4) is 0 Å². The number of nitrogens with one attached hydrogen (secondary N) is 1. The smallest absolute Gasteiger partial charge is 0.251 e. The summed E-state index contributed by atoms with van der Waals surface area (Å²) in [6, 6.07) is 3.46. The Morgan fingerprint density at radius 1 is 1.43 bits per heavy atom. The molecule has 5 nitrogen and oxygen atoms in total. The van der Waals surface area contributed by atoms with Crippen LogP contribution in [0.1, 0.15) is 35.8 Å². The first-order valence-corrected chi connectivity index (χ1v) is 8.57. The Kier molecular flexibility index (Phi) is 5.87. The highest BCUT2D eigenvalue weighted by atomic mass is 32.2. The molecule has 0 unspecified atom stereocenters. The lowest BCUT2D eigenvalue weighted by molar-refractivity contribution is 0.0948. The molecule has 0 aliphatic carbocycles. The van der Waals surface area contributed by atoms with Crippen LogP contribution in [0.5, 0.6) is 0 Å². The molecular weight excluding hydrogens is 284 g/mol. The number of carbonyl (C=O) groups is 1. The molecular formula is C15H24N4OS. The fourth-order valence-electron chi connectivity index (χ4n) is 2.26. The third-order valence-corrected chi connectivity index (χ3v) is 4.48. The predicted octanol–water partition coefficient (Wildman–Crippen LogP) is 1.57. The average Bonchev–Trinajstić information content (AvgIpc) is 2.47. The summed E-state index contributed by atoms with van der Waals surface area (Å²) < 4.78 is 0. The van der Waals surface area contributed by atoms with Gasteiger partial charge in [-0.3, -0.25) is 9.69 Å². The summed E-state index contributed by atoms with van der Waals surface area (Å²) in [7, 11) is 0. The summed E-state index contributed by atoms with van der Waals surface area (Å²) in [5.74, 6) is 2.96. The highest BCUT2D eigenvalue weighted by Gasteiger charge is 2.13. The molecule has 1 aliphatic heterocycles. The molecule has 2 heterocycles. The number of nitrogens with zero attached hydrogens (tertiary/aromatic N) is 2. The van der Waals surface area contributed by atoms with Crippen molar-refractivity contribution in [2.45, 2.75) is 19.8 Å². The standard InChI is InChI=1S/C15H24N4OS/c1-11(2)13-9-12(10-14(16)18-13)15(20)17-3-4-19-5-7-21-8-6-19/h9-11H,3-8H2,1-2H3,(H2,16,18)(H,17,20). The van der Waals surface area contributed by atoms with Gasteiger partial charge < -0.3 is 11.1 Å². The zero-order chi connectivity index (χ0) is 15.2. The zero-order valence-corrected chi connectivity index (χ0v) is 13.6. The molecule has 21 heavy (non-hydrogen) atoms. The number of rotatable bonds is 5. The van der Waals surface area contributed by atoms with Crippen molar-refractivity contribution in [1.29, 1.82) is 0 Å². The van der Waals surface area contributed by atoms with Crippen LogP contribution in [0.2, 0.25) is 0 Å². The summed E-state index contributed by atoms with van der Waals surface area (Å²) in [6.45, 7) is 7.88. The molecule has 0 aromatic carbocycles. The lowest BCUT2D eigenvalue weighted by Gasteiger charge is -2.26. The van der Waals surface area contributed by atoms with Gasteiger partial charge in [-0.1, -0.05) is 13.8 Å². The summed E-state index contributed by atoms with van der Waals surface area (Å²) in [5, 5.41) is 2.97. The summed E-state index contributed by atoms with van der Waals surface area (Å²) in [6.07, 6.45) is 0. The van der Waals surface area contributed by atoms with Crippen LogP contribution in [-0.2, 0) is 0 Å². The van der Waals surface area contributed by atoms with Gasteiger partial charge in [0.1, 0.15) is 5.82 Å². The largest absolute Gasteiger partial charge is 0.384 e. The third kappa shape index (κ3) is 4.89. The van der Waals surface area contributed by atoms with Crippen molar-refractivity contribution >= 4 is 23.5 Å². The molecule has 3 N–H and O–H groups in total. The van der Waals surface area contributed by atoms with Crippen LogP contribution in [0, 0.1) is 0 Å². The Morgan fingerprint density at radius 3 is 2.81 bits per heavy atom. The van der Waals surface area contributed by atoms with Gasteiger partial charge in [-0.05, 0) is 18.1 Å². The van der Waals surface area contributed by atoms with Crippen molar-refractivity contribution in [2.75, 3.05) is 43.4 Å². The maximum absolute atomic E-state index is 12.2. The molecule has 1 aromatic rings. The molecule has 0 saturated carbocycles. The molecule has 1 saturated heterocycles. The minimum atomic E-state index is -0.0719. The minimum Gasteiger partial charge on any atom is -0.384 e. The van der Waals surface area contributed by atoms with Crippen LogP contribution in [0.4, 0.5) is 5.82 Å². The van der Waals surface area contributed by atoms with Crippen LogP contribution in [0.25, 0.3) is 0 Å². The number of pyridine rings is 1. The number of amides is 1. The van der Waals surface area contributed by atoms with Crippen molar-refractivity contribution < 1.29 is 4.79 Å². The van der Waals surface area contributed by atoms with Gasteiger partial charge in [0.15, 0.2) is 0 Å². The van der Waals surface area contributed by atoms with E-state index in [1.54, 1.807) is 6.07 Å². The summed E-state index contributed by atoms with van der Waals surface area (Å²) in [4.78, 5) is 18.8. The lowest BCUT2D eigenvalue weighted by Crippen LogP contribution is -2.39. The van der Waals surface area contributed by atoms with Crippen molar-refractivity contribution in [3.63, 3.8) is 0 Å². The SMILES string of the molecule is CC(C)c1cc(C(=O)NCCN2CCSCC2)cc(N)n1. The Hall–Kier alpha value is -1.27. The second-order valence-corrected chi connectivity index (χ2v) is 6.79. The molecule has 6 heteroatoms. The number of hydrogen-bond acceptors (Lipinski definition) is 5. The minimum absolute atomic E-state index is 0.0719. The maximum atomic E-state index is 12.2. The van der Waals surface area contributed by atoms with Crippen LogP contribution < -0.4 is 11.1 Å². The van der Waals surface area contributed by atoms with E-state index >= 15 is 0 Å². The third-order valence-electron chi connectivity index (χ3n) is 3.54. The Morgan fingerprint density at radius 2 is 2.14 bits per heavy atom. The molecule has 1 aromatic heterocycles. The van der Waals surface area contributed by atoms with Gasteiger partial charge in [-0.25, -0.2) is 4.98 Å². The summed E-state index contributed by atoms with van der Waals surface area (Å²) >= 11 is 1.99. The fraction of sp³-hybridized carbons (Fsp3) is 0.600. The molecule has 0 radical (unpaired) electrons. The van der Waals surface area contributed by atoms with E-state index in [0.717, 1.165) is 25.3 Å². The normalized spacial score (nSPS) is 16.1. The van der Waals surface area contributed by atoms with E-state index in [2.05, 4.69) is 15.2 Å². The van der Waals surface area contributed by atoms with Gasteiger partial charge in [0.25, 0.3) is 5.91 Å². The molecule has 0 spiro atoms. The van der Waals surface area contributed by atoms with Gasteiger partial charge in [0.2, 0.25) is 0 Å². The highest BCUT2D eigenvalue weighted by molar-refractivity contribution is 7.99. The average molecular weight is 308 g/mol. The van der Waals surface area contributed by atoms with Gasteiger partial charge in [-0.2, -0.15) is 11.8 Å². The molecule has 0 atom stereocenters. The van der Waals surface area contributed by atoms with E-state index in [0.29, 0.717) is 17.9 Å². The Bertz CT molecular complexity index is 487. The maximum Gasteiger partial charge on any atom is 0.251 e. The topological polar surface area (TPSA) is 71.2 Å². The second-order valence-electron chi connectivity index (χ2n) is 5.57. The first kappa shape index (κ1) is 16.1. The van der Waals surface area contributed by atoms with E-state index in [1.165, 1.54) is 11.5 Å². The number of nitrogen functional groups attached to an aromatic ring is 1. The Labute approximate surface area is 130 Å². The summed E-state index contributed by atoms with van der Waals surface area (Å²) in [5.41, 5.74) is 7.23. The predicted molar refractivity (Wildman–Crippen MR) is 88.8 cm³/mol. The van der Waals surface area contributed by atoms with Crippen LogP contribution in [0.15, 0.2) is 12.1 Å². The van der Waals surface area contributed by atoms with E-state index in [4.69, 9.17) is 5.73 Å². The van der Waals surface area contributed by atoms with Crippen molar-refractivity contribution in [2.24, 2.45) is 0 Å². The number of anilines is 1. The van der Waals surface area contributed by atoms with Crippen LogP contribution in [-0.4, -0.2) is 53.5 Å². The Balaban J connectivity index is 1.87. The molecule has 1 amide bonds. The number of hydrogen-bond donors (Lipinski definition) is 2. The van der Waals surface area contributed by atoms with E-state index < -0.39 is 0 Å². The molecule has 116 valence electrons. The van der Waals surface area contributed by atoms with E-state index in [1.807, 2.05) is 31.7 Å². The molecule has 2 rings (SSSR count). The highest BCUT2D eigenvalue weighted by Crippen LogP contribution is 2.16. The van der Waals surface area contributed by atoms with E-state index in [-0.39, 0.29) is 11.8 Å².